The molecule has 0 atom stereocenters. The Balaban J connectivity index is 0. The number of amides is 1. The number of carbonyl (C=O) groups is 1. The molecule has 0 aliphatic heterocycles. The van der Waals surface area contributed by atoms with Crippen LogP contribution in [-0.2, 0) is 4.79 Å². The maximum absolute atomic E-state index is 9.43. The Hall–Kier alpha value is -0.530. The normalized spacial score (nSPS) is 9.07. The van der Waals surface area contributed by atoms with Crippen LogP contribution in [0, 0.1) is 0 Å². The third-order valence-corrected chi connectivity index (χ3v) is 2.17. The van der Waals surface area contributed by atoms with Crippen LogP contribution in [0.25, 0.3) is 0 Å². The van der Waals surface area contributed by atoms with E-state index in [0.717, 1.165) is 6.41 Å². The second-order valence-electron chi connectivity index (χ2n) is 4.19. The zero-order chi connectivity index (χ0) is 11.9. The van der Waals surface area contributed by atoms with Crippen LogP contribution in [0.2, 0.25) is 0 Å². The molecular formula is C13H29NO. The van der Waals surface area contributed by atoms with Crippen LogP contribution in [0.3, 0.4) is 0 Å². The highest BCUT2D eigenvalue weighted by atomic mass is 16.1. The van der Waals surface area contributed by atoms with Gasteiger partial charge in [0.2, 0.25) is 6.41 Å². The summed E-state index contributed by atoms with van der Waals surface area (Å²) in [5, 5.41) is 0. The fraction of sp³-hybridized carbons (Fsp3) is 0.923. The molecule has 0 N–H and O–H groups in total. The third-order valence-electron chi connectivity index (χ3n) is 2.17. The number of nitrogens with zero attached hydrogens (tertiary/aromatic N) is 1. The first-order valence-electron chi connectivity index (χ1n) is 6.30. The second-order valence-corrected chi connectivity index (χ2v) is 4.19. The highest BCUT2D eigenvalue weighted by molar-refractivity contribution is 5.45. The van der Waals surface area contributed by atoms with Crippen molar-refractivity contribution in [3.05, 3.63) is 0 Å². The highest BCUT2D eigenvalue weighted by Crippen LogP contribution is 2.07. The van der Waals surface area contributed by atoms with Gasteiger partial charge in [-0.3, -0.25) is 4.79 Å². The van der Waals surface area contributed by atoms with E-state index in [1.165, 1.54) is 56.3 Å². The largest absolute Gasteiger partial charge is 0.351 e. The summed E-state index contributed by atoms with van der Waals surface area (Å²) in [7, 11) is 3.38. The van der Waals surface area contributed by atoms with E-state index in [2.05, 4.69) is 13.8 Å². The summed E-state index contributed by atoms with van der Waals surface area (Å²) in [6.45, 7) is 4.54. The van der Waals surface area contributed by atoms with Gasteiger partial charge >= 0.3 is 0 Å². The van der Waals surface area contributed by atoms with Crippen LogP contribution in [0.5, 0.6) is 0 Å². The van der Waals surface area contributed by atoms with Gasteiger partial charge in [-0.05, 0) is 0 Å². The van der Waals surface area contributed by atoms with Crippen molar-refractivity contribution in [1.29, 1.82) is 0 Å². The summed E-state index contributed by atoms with van der Waals surface area (Å²) in [5.74, 6) is 0. The molecule has 0 saturated carbocycles. The van der Waals surface area contributed by atoms with E-state index in [0.29, 0.717) is 0 Å². The van der Waals surface area contributed by atoms with Crippen molar-refractivity contribution in [3.8, 4) is 0 Å². The van der Waals surface area contributed by atoms with Gasteiger partial charge in [-0.2, -0.15) is 0 Å². The minimum atomic E-state index is 0.750. The van der Waals surface area contributed by atoms with Crippen molar-refractivity contribution < 1.29 is 4.79 Å². The first kappa shape index (κ1) is 16.9. The van der Waals surface area contributed by atoms with Crippen LogP contribution < -0.4 is 0 Å². The van der Waals surface area contributed by atoms with E-state index in [1.807, 2.05) is 0 Å². The predicted octanol–water partition coefficient (Wildman–Crippen LogP) is 3.85. The molecule has 1 amide bonds. The maximum atomic E-state index is 9.43. The molecule has 0 rings (SSSR count). The minimum absolute atomic E-state index is 0.750. The molecule has 0 spiro atoms. The maximum Gasteiger partial charge on any atom is 0.209 e. The number of carbonyl (C=O) groups excluding carboxylic acids is 1. The summed E-state index contributed by atoms with van der Waals surface area (Å²) in [6, 6.07) is 0. The molecule has 0 aromatic heterocycles. The molecule has 0 bridgehead atoms. The molecule has 92 valence electrons. The zero-order valence-corrected chi connectivity index (χ0v) is 11.1. The molecule has 0 aromatic carbocycles. The first-order chi connectivity index (χ1) is 7.18. The Morgan fingerprint density at radius 1 is 0.800 bits per heavy atom. The fourth-order valence-corrected chi connectivity index (χ4v) is 1.21. The van der Waals surface area contributed by atoms with Gasteiger partial charge in [0.15, 0.2) is 0 Å². The van der Waals surface area contributed by atoms with E-state index < -0.39 is 0 Å². The second kappa shape index (κ2) is 15.9. The Labute approximate surface area is 96.0 Å². The molecule has 0 unspecified atom stereocenters. The van der Waals surface area contributed by atoms with Gasteiger partial charge in [0.05, 0.1) is 0 Å². The van der Waals surface area contributed by atoms with Crippen molar-refractivity contribution in [2.75, 3.05) is 14.1 Å². The van der Waals surface area contributed by atoms with Crippen LogP contribution in [0.15, 0.2) is 0 Å². The fourth-order valence-electron chi connectivity index (χ4n) is 1.21. The Morgan fingerprint density at radius 3 is 1.27 bits per heavy atom. The van der Waals surface area contributed by atoms with Gasteiger partial charge in [0, 0.05) is 14.1 Å². The monoisotopic (exact) mass is 215 g/mol. The predicted molar refractivity (Wildman–Crippen MR) is 68.0 cm³/mol. The smallest absolute Gasteiger partial charge is 0.209 e. The molecule has 2 heteroatoms. The molecule has 0 aliphatic carbocycles. The van der Waals surface area contributed by atoms with E-state index in [9.17, 15) is 4.79 Å². The Kier molecular flexibility index (Phi) is 17.9. The summed E-state index contributed by atoms with van der Waals surface area (Å²) in [5.41, 5.74) is 0. The molecule has 0 fully saturated rings. The van der Waals surface area contributed by atoms with Gasteiger partial charge in [-0.1, -0.05) is 65.2 Å². The van der Waals surface area contributed by atoms with E-state index in [4.69, 9.17) is 0 Å². The number of rotatable bonds is 8. The summed E-state index contributed by atoms with van der Waals surface area (Å²) >= 11 is 0. The van der Waals surface area contributed by atoms with Gasteiger partial charge in [-0.15, -0.1) is 0 Å². The number of hydrogen-bond donors (Lipinski definition) is 0. The van der Waals surface area contributed by atoms with Crippen molar-refractivity contribution >= 4 is 6.41 Å². The first-order valence-corrected chi connectivity index (χ1v) is 6.30. The molecule has 15 heavy (non-hydrogen) atoms. The highest BCUT2D eigenvalue weighted by Gasteiger charge is 1.87. The summed E-state index contributed by atoms with van der Waals surface area (Å²) in [6.07, 6.45) is 12.2. The quantitative estimate of drug-likeness (QED) is 0.445. The van der Waals surface area contributed by atoms with Crippen molar-refractivity contribution in [3.63, 3.8) is 0 Å². The van der Waals surface area contributed by atoms with Crippen LogP contribution in [-0.4, -0.2) is 25.4 Å². The molecule has 0 saturated heterocycles. The molecule has 0 radical (unpaired) electrons. The average molecular weight is 215 g/mol. The molecule has 2 nitrogen and oxygen atoms in total. The molecule has 0 heterocycles. The van der Waals surface area contributed by atoms with E-state index in [-0.39, 0.29) is 0 Å². The van der Waals surface area contributed by atoms with Crippen LogP contribution in [0.4, 0.5) is 0 Å². The average Bonchev–Trinajstić information content (AvgIpc) is 2.24. The number of unbranched alkanes of at least 4 members (excludes halogenated alkanes) is 7. The Morgan fingerprint density at radius 2 is 1.07 bits per heavy atom. The SMILES string of the molecule is CCCCCCCCCC.CN(C)C=O. The van der Waals surface area contributed by atoms with E-state index in [1.54, 1.807) is 14.1 Å². The van der Waals surface area contributed by atoms with Crippen molar-refractivity contribution in [2.24, 2.45) is 0 Å². The lowest BCUT2D eigenvalue weighted by molar-refractivity contribution is -0.115. The summed E-state index contributed by atoms with van der Waals surface area (Å²) < 4.78 is 0. The zero-order valence-electron chi connectivity index (χ0n) is 11.1. The van der Waals surface area contributed by atoms with Gasteiger partial charge in [0.25, 0.3) is 0 Å². The van der Waals surface area contributed by atoms with Crippen LogP contribution >= 0.6 is 0 Å². The lowest BCUT2D eigenvalue weighted by Gasteiger charge is -1.97. The molecular weight excluding hydrogens is 186 g/mol. The van der Waals surface area contributed by atoms with E-state index >= 15 is 0 Å². The minimum Gasteiger partial charge on any atom is -0.351 e. The van der Waals surface area contributed by atoms with Crippen molar-refractivity contribution in [2.45, 2.75) is 65.2 Å². The molecule has 0 aliphatic rings. The van der Waals surface area contributed by atoms with Gasteiger partial charge in [-0.25, -0.2) is 0 Å². The lowest BCUT2D eigenvalue weighted by Crippen LogP contribution is -2.06. The summed E-state index contributed by atoms with van der Waals surface area (Å²) in [4.78, 5) is 10.9. The third kappa shape index (κ3) is 24.7. The number of hydrogen-bond acceptors (Lipinski definition) is 1. The van der Waals surface area contributed by atoms with Gasteiger partial charge in [0.1, 0.15) is 0 Å². The van der Waals surface area contributed by atoms with Crippen molar-refractivity contribution in [1.82, 2.24) is 4.90 Å². The topological polar surface area (TPSA) is 20.3 Å². The van der Waals surface area contributed by atoms with Crippen LogP contribution in [0.1, 0.15) is 65.2 Å². The standard InChI is InChI=1S/C10H22.C3H7NO/c1-3-5-7-9-10-8-6-4-2;1-4(2)3-5/h3-10H2,1-2H3;3H,1-2H3. The molecule has 0 aromatic rings. The lowest BCUT2D eigenvalue weighted by atomic mass is 10.1. The Bertz CT molecular complexity index is 105. The van der Waals surface area contributed by atoms with Gasteiger partial charge < -0.3 is 4.90 Å².